The molecule has 1 fully saturated rings. The van der Waals surface area contributed by atoms with Crippen LogP contribution in [0.2, 0.25) is 10.0 Å². The average molecular weight is 567 g/mol. The van der Waals surface area contributed by atoms with Gasteiger partial charge in [-0.25, -0.2) is 8.42 Å². The number of carbonyl (C=O) groups is 1. The van der Waals surface area contributed by atoms with Crippen LogP contribution in [0.3, 0.4) is 0 Å². The number of piperidine rings is 1. The zero-order chi connectivity index (χ0) is 26.7. The minimum Gasteiger partial charge on any atom is -0.490 e. The molecule has 1 saturated heterocycles. The summed E-state index contributed by atoms with van der Waals surface area (Å²) in [7, 11) is -3.48. The normalized spacial score (nSPS) is 16.0. The third kappa shape index (κ3) is 6.84. The number of rotatable bonds is 8. The van der Waals surface area contributed by atoms with Crippen LogP contribution in [0.15, 0.2) is 52.3 Å². The molecule has 1 amide bonds. The molecule has 0 radical (unpaired) electrons. The van der Waals surface area contributed by atoms with Crippen molar-refractivity contribution in [3.63, 3.8) is 0 Å². The van der Waals surface area contributed by atoms with Crippen molar-refractivity contribution in [2.45, 2.75) is 30.8 Å². The number of nitrogens with one attached hydrogen (secondary N) is 2. The van der Waals surface area contributed by atoms with Gasteiger partial charge in [0.05, 0.1) is 20.5 Å². The van der Waals surface area contributed by atoms with Crippen LogP contribution in [-0.2, 0) is 9.84 Å². The Morgan fingerprint density at radius 1 is 1.14 bits per heavy atom. The maximum absolute atomic E-state index is 12.9. The predicted octanol–water partition coefficient (Wildman–Crippen LogP) is 4.15. The van der Waals surface area contributed by atoms with Crippen molar-refractivity contribution in [3.8, 4) is 5.75 Å². The number of amides is 1. The van der Waals surface area contributed by atoms with Gasteiger partial charge in [0.1, 0.15) is 11.9 Å². The van der Waals surface area contributed by atoms with Gasteiger partial charge in [0, 0.05) is 55.5 Å². The zero-order valence-corrected chi connectivity index (χ0v) is 22.9. The molecule has 1 aliphatic rings. The first-order valence-electron chi connectivity index (χ1n) is 12.0. The number of benzene rings is 2. The van der Waals surface area contributed by atoms with E-state index in [9.17, 15) is 18.0 Å². The summed E-state index contributed by atoms with van der Waals surface area (Å²) in [5.41, 5.74) is -0.154. The van der Waals surface area contributed by atoms with Gasteiger partial charge in [-0.05, 0) is 43.0 Å². The smallest absolute Gasteiger partial charge is 0.255 e. The summed E-state index contributed by atoms with van der Waals surface area (Å²) in [6, 6.07) is 9.50. The van der Waals surface area contributed by atoms with E-state index in [1.165, 1.54) is 24.4 Å². The van der Waals surface area contributed by atoms with E-state index in [1.54, 1.807) is 12.1 Å². The number of hydrogen-bond acceptors (Lipinski definition) is 6. The molecular weight excluding hydrogens is 537 g/mol. The third-order valence-corrected chi connectivity index (χ3v) is 8.30. The minimum atomic E-state index is -3.48. The Bertz CT molecular complexity index is 1470. The van der Waals surface area contributed by atoms with Gasteiger partial charge in [-0.3, -0.25) is 9.59 Å². The first kappa shape index (κ1) is 27.4. The molecule has 0 spiro atoms. The van der Waals surface area contributed by atoms with Crippen molar-refractivity contribution in [2.75, 3.05) is 32.4 Å². The minimum absolute atomic E-state index is 0.0304. The standard InChI is InChI=1S/C26H29Cl2N3O5S/c1-16(15-31-9-7-17(8-10-31)36-18-3-6-23(27)24(28)11-18)13-29-26(33)22-14-30-25(32)21-12-19(37(2,34)35)4-5-20(21)22/h3-6,11-12,14,16-17H,7-10,13,15H2,1-2H3,(H,29,33)(H,30,32)/t16-/m1/s1. The molecule has 4 rings (SSSR count). The van der Waals surface area contributed by atoms with E-state index >= 15 is 0 Å². The number of aromatic amines is 1. The molecule has 1 aliphatic heterocycles. The summed E-state index contributed by atoms with van der Waals surface area (Å²) in [6.07, 6.45) is 4.32. The van der Waals surface area contributed by atoms with Gasteiger partial charge in [-0.15, -0.1) is 0 Å². The first-order valence-corrected chi connectivity index (χ1v) is 14.6. The molecule has 1 aromatic heterocycles. The predicted molar refractivity (Wildman–Crippen MR) is 146 cm³/mol. The molecule has 2 aromatic carbocycles. The Balaban J connectivity index is 1.29. The van der Waals surface area contributed by atoms with Gasteiger partial charge >= 0.3 is 0 Å². The number of likely N-dealkylation sites (tertiary alicyclic amines) is 1. The van der Waals surface area contributed by atoms with Crippen LogP contribution in [0.25, 0.3) is 10.8 Å². The quantitative estimate of drug-likeness (QED) is 0.424. The fraction of sp³-hybridized carbons (Fsp3) is 0.385. The van der Waals surface area contributed by atoms with Crippen LogP contribution >= 0.6 is 23.2 Å². The third-order valence-electron chi connectivity index (χ3n) is 6.46. The molecule has 0 unspecified atom stereocenters. The molecule has 0 bridgehead atoms. The Hall–Kier alpha value is -2.59. The number of carbonyl (C=O) groups excluding carboxylic acids is 1. The average Bonchev–Trinajstić information content (AvgIpc) is 2.85. The van der Waals surface area contributed by atoms with E-state index in [4.69, 9.17) is 27.9 Å². The molecule has 1 atom stereocenters. The summed E-state index contributed by atoms with van der Waals surface area (Å²) in [6.45, 7) is 5.13. The van der Waals surface area contributed by atoms with Crippen molar-refractivity contribution in [1.29, 1.82) is 0 Å². The summed E-state index contributed by atoms with van der Waals surface area (Å²) in [4.78, 5) is 30.1. The highest BCUT2D eigenvalue weighted by Crippen LogP contribution is 2.28. The highest BCUT2D eigenvalue weighted by atomic mass is 35.5. The number of hydrogen-bond donors (Lipinski definition) is 2. The van der Waals surface area contributed by atoms with Gasteiger partial charge < -0.3 is 19.9 Å². The number of nitrogens with zero attached hydrogens (tertiary/aromatic N) is 1. The lowest BCUT2D eigenvalue weighted by molar-refractivity contribution is 0.0886. The van der Waals surface area contributed by atoms with Crippen LogP contribution in [-0.4, -0.2) is 62.7 Å². The van der Waals surface area contributed by atoms with Crippen LogP contribution < -0.4 is 15.6 Å². The number of ether oxygens (including phenoxy) is 1. The monoisotopic (exact) mass is 565 g/mol. The summed E-state index contributed by atoms with van der Waals surface area (Å²) >= 11 is 12.0. The molecule has 0 aliphatic carbocycles. The lowest BCUT2D eigenvalue weighted by atomic mass is 10.0. The Morgan fingerprint density at radius 3 is 2.54 bits per heavy atom. The number of halogens is 2. The van der Waals surface area contributed by atoms with Gasteiger partial charge in [0.2, 0.25) is 0 Å². The molecule has 2 heterocycles. The number of aromatic nitrogens is 1. The van der Waals surface area contributed by atoms with Crippen molar-refractivity contribution < 1.29 is 17.9 Å². The van der Waals surface area contributed by atoms with E-state index in [0.29, 0.717) is 33.3 Å². The molecule has 8 nitrogen and oxygen atoms in total. The zero-order valence-electron chi connectivity index (χ0n) is 20.6. The van der Waals surface area contributed by atoms with Crippen molar-refractivity contribution in [1.82, 2.24) is 15.2 Å². The van der Waals surface area contributed by atoms with Gasteiger partial charge in [-0.1, -0.05) is 36.2 Å². The van der Waals surface area contributed by atoms with E-state index in [1.807, 2.05) is 6.07 Å². The largest absolute Gasteiger partial charge is 0.490 e. The van der Waals surface area contributed by atoms with Gasteiger partial charge in [-0.2, -0.15) is 0 Å². The van der Waals surface area contributed by atoms with Crippen LogP contribution in [0.4, 0.5) is 0 Å². The number of fused-ring (bicyclic) bond motifs is 1. The van der Waals surface area contributed by atoms with Crippen molar-refractivity contribution >= 4 is 49.7 Å². The Kier molecular flexibility index (Phi) is 8.48. The lowest BCUT2D eigenvalue weighted by Crippen LogP contribution is -2.42. The molecular formula is C26H29Cl2N3O5S. The topological polar surface area (TPSA) is 109 Å². The molecule has 198 valence electrons. The molecule has 0 saturated carbocycles. The molecule has 37 heavy (non-hydrogen) atoms. The molecule has 2 N–H and O–H groups in total. The SMILES string of the molecule is C[C@H](CNC(=O)c1c[nH]c(=O)c2cc(S(C)(=O)=O)ccc12)CN1CCC(Oc2ccc(Cl)c(Cl)c2)CC1. The summed E-state index contributed by atoms with van der Waals surface area (Å²) in [5.74, 6) is 0.586. The van der Waals surface area contributed by atoms with E-state index in [0.717, 1.165) is 38.7 Å². The van der Waals surface area contributed by atoms with E-state index in [2.05, 4.69) is 22.1 Å². The highest BCUT2D eigenvalue weighted by Gasteiger charge is 2.22. The number of sulfone groups is 1. The summed E-state index contributed by atoms with van der Waals surface area (Å²) < 4.78 is 29.8. The van der Waals surface area contributed by atoms with E-state index in [-0.39, 0.29) is 28.2 Å². The highest BCUT2D eigenvalue weighted by molar-refractivity contribution is 7.90. The molecule has 11 heteroatoms. The second kappa shape index (κ2) is 11.4. The van der Waals surface area contributed by atoms with Crippen LogP contribution in [0.5, 0.6) is 5.75 Å². The van der Waals surface area contributed by atoms with Crippen LogP contribution in [0.1, 0.15) is 30.1 Å². The van der Waals surface area contributed by atoms with Crippen LogP contribution in [0, 0.1) is 5.92 Å². The van der Waals surface area contributed by atoms with Gasteiger partial charge in [0.25, 0.3) is 11.5 Å². The second-order valence-electron chi connectivity index (χ2n) is 9.52. The Morgan fingerprint density at radius 2 is 1.86 bits per heavy atom. The lowest BCUT2D eigenvalue weighted by Gasteiger charge is -2.33. The molecule has 3 aromatic rings. The van der Waals surface area contributed by atoms with Crippen molar-refractivity contribution in [2.24, 2.45) is 5.92 Å². The summed E-state index contributed by atoms with van der Waals surface area (Å²) in [5, 5.41) is 4.48. The fourth-order valence-electron chi connectivity index (χ4n) is 4.48. The maximum Gasteiger partial charge on any atom is 0.255 e. The number of H-pyrrole nitrogens is 1. The first-order chi connectivity index (χ1) is 17.5. The van der Waals surface area contributed by atoms with E-state index < -0.39 is 15.4 Å². The Labute approximate surface area is 225 Å². The fourth-order valence-corrected chi connectivity index (χ4v) is 5.41. The van der Waals surface area contributed by atoms with Crippen molar-refractivity contribution in [3.05, 3.63) is 68.6 Å². The second-order valence-corrected chi connectivity index (χ2v) is 12.4. The van der Waals surface area contributed by atoms with Gasteiger partial charge in [0.15, 0.2) is 9.84 Å². The maximum atomic E-state index is 12.9. The number of pyridine rings is 1.